The number of carbonyl (C=O) groups is 1. The predicted octanol–water partition coefficient (Wildman–Crippen LogP) is 1.79. The van der Waals surface area contributed by atoms with Crippen LogP contribution in [0.3, 0.4) is 0 Å². The number of nitrogens with one attached hydrogen (secondary N) is 1. The summed E-state index contributed by atoms with van der Waals surface area (Å²) in [6, 6.07) is 0.691. The molecule has 0 saturated heterocycles. The second kappa shape index (κ2) is 6.23. The molecule has 4 heteroatoms. The first kappa shape index (κ1) is 14.8. The number of esters is 1. The molecular formula is C15H28N2O2. The van der Waals surface area contributed by atoms with Gasteiger partial charge < -0.3 is 10.1 Å². The van der Waals surface area contributed by atoms with Gasteiger partial charge in [-0.3, -0.25) is 4.90 Å². The van der Waals surface area contributed by atoms with Gasteiger partial charge in [0.15, 0.2) is 0 Å². The molecule has 0 radical (unpaired) electrons. The minimum absolute atomic E-state index is 0.0671. The number of hydrogen-bond donors (Lipinski definition) is 1. The summed E-state index contributed by atoms with van der Waals surface area (Å²) in [5, 5.41) is 3.53. The molecule has 110 valence electrons. The number of nitrogens with zero attached hydrogens (tertiary/aromatic N) is 1. The van der Waals surface area contributed by atoms with Crippen LogP contribution in [0.1, 0.15) is 46.0 Å². The molecular weight excluding hydrogens is 240 g/mol. The standard InChI is InChI=1S/C15H28N2O2/c1-4-10-16-15(12-6-7-12,14(18)19-3)11-17(5-2)13-8-9-13/h12-13,16H,4-11H2,1-3H3. The van der Waals surface area contributed by atoms with E-state index in [0.717, 1.165) is 38.9 Å². The van der Waals surface area contributed by atoms with Crippen LogP contribution in [-0.2, 0) is 9.53 Å². The van der Waals surface area contributed by atoms with Crippen LogP contribution in [0.15, 0.2) is 0 Å². The Morgan fingerprint density at radius 2 is 2.00 bits per heavy atom. The fourth-order valence-electron chi connectivity index (χ4n) is 3.00. The molecule has 19 heavy (non-hydrogen) atoms. The van der Waals surface area contributed by atoms with Gasteiger partial charge in [0.1, 0.15) is 5.54 Å². The lowest BCUT2D eigenvalue weighted by Crippen LogP contribution is -2.61. The summed E-state index contributed by atoms with van der Waals surface area (Å²) < 4.78 is 5.13. The van der Waals surface area contributed by atoms with Gasteiger partial charge in [-0.05, 0) is 51.1 Å². The van der Waals surface area contributed by atoms with E-state index in [0.29, 0.717) is 12.0 Å². The van der Waals surface area contributed by atoms with E-state index in [2.05, 4.69) is 24.1 Å². The number of likely N-dealkylation sites (N-methyl/N-ethyl adjacent to an activating group) is 1. The molecule has 0 amide bonds. The van der Waals surface area contributed by atoms with Crippen LogP contribution in [0.4, 0.5) is 0 Å². The van der Waals surface area contributed by atoms with E-state index in [9.17, 15) is 4.79 Å². The molecule has 0 aromatic heterocycles. The summed E-state index contributed by atoms with van der Waals surface area (Å²) in [5.41, 5.74) is -0.469. The SMILES string of the molecule is CCCNC(CN(CC)C1CC1)(C(=O)OC)C1CC1. The summed E-state index contributed by atoms with van der Waals surface area (Å²) in [6.07, 6.45) is 5.90. The quantitative estimate of drug-likeness (QED) is 0.647. The Balaban J connectivity index is 2.12. The third-order valence-corrected chi connectivity index (χ3v) is 4.44. The first-order chi connectivity index (χ1) is 9.17. The molecule has 2 fully saturated rings. The van der Waals surface area contributed by atoms with E-state index in [1.54, 1.807) is 0 Å². The molecule has 0 heterocycles. The number of hydrogen-bond acceptors (Lipinski definition) is 4. The van der Waals surface area contributed by atoms with Crippen molar-refractivity contribution in [3.8, 4) is 0 Å². The van der Waals surface area contributed by atoms with E-state index >= 15 is 0 Å². The minimum Gasteiger partial charge on any atom is -0.468 e. The average molecular weight is 268 g/mol. The summed E-state index contributed by atoms with van der Waals surface area (Å²) in [4.78, 5) is 14.9. The van der Waals surface area contributed by atoms with Crippen LogP contribution in [0, 0.1) is 5.92 Å². The lowest BCUT2D eigenvalue weighted by atomic mass is 9.91. The average Bonchev–Trinajstić information content (AvgIpc) is 3.30. The largest absolute Gasteiger partial charge is 0.468 e. The van der Waals surface area contributed by atoms with Crippen LogP contribution >= 0.6 is 0 Å². The maximum atomic E-state index is 12.4. The Kier molecular flexibility index (Phi) is 4.85. The third-order valence-electron chi connectivity index (χ3n) is 4.44. The Morgan fingerprint density at radius 1 is 1.32 bits per heavy atom. The van der Waals surface area contributed by atoms with Gasteiger partial charge in [-0.1, -0.05) is 13.8 Å². The van der Waals surface area contributed by atoms with Gasteiger partial charge in [-0.2, -0.15) is 0 Å². The van der Waals surface area contributed by atoms with Gasteiger partial charge in [-0.25, -0.2) is 4.79 Å². The van der Waals surface area contributed by atoms with Crippen molar-refractivity contribution in [2.24, 2.45) is 5.92 Å². The first-order valence-electron chi connectivity index (χ1n) is 7.75. The molecule has 1 N–H and O–H groups in total. The second-order valence-electron chi connectivity index (χ2n) is 5.96. The lowest BCUT2D eigenvalue weighted by molar-refractivity contribution is -0.151. The topological polar surface area (TPSA) is 41.6 Å². The molecule has 1 atom stereocenters. The molecule has 0 aliphatic heterocycles. The fraction of sp³-hybridized carbons (Fsp3) is 0.933. The maximum Gasteiger partial charge on any atom is 0.327 e. The molecule has 1 unspecified atom stereocenters. The highest BCUT2D eigenvalue weighted by Gasteiger charge is 2.53. The van der Waals surface area contributed by atoms with Crippen molar-refractivity contribution in [1.29, 1.82) is 0 Å². The summed E-state index contributed by atoms with van der Waals surface area (Å²) >= 11 is 0. The van der Waals surface area contributed by atoms with Gasteiger partial charge >= 0.3 is 5.97 Å². The van der Waals surface area contributed by atoms with Crippen LogP contribution < -0.4 is 5.32 Å². The molecule has 0 bridgehead atoms. The minimum atomic E-state index is -0.469. The Hall–Kier alpha value is -0.610. The molecule has 0 aromatic rings. The van der Waals surface area contributed by atoms with Crippen molar-refractivity contribution in [3.63, 3.8) is 0 Å². The maximum absolute atomic E-state index is 12.4. The van der Waals surface area contributed by atoms with Crippen LogP contribution in [0.5, 0.6) is 0 Å². The second-order valence-corrected chi connectivity index (χ2v) is 5.96. The van der Waals surface area contributed by atoms with Crippen LogP contribution in [0.2, 0.25) is 0 Å². The number of rotatable bonds is 9. The van der Waals surface area contributed by atoms with Gasteiger partial charge in [0.25, 0.3) is 0 Å². The predicted molar refractivity (Wildman–Crippen MR) is 76.0 cm³/mol. The van der Waals surface area contributed by atoms with Crippen molar-refractivity contribution < 1.29 is 9.53 Å². The molecule has 2 aliphatic rings. The van der Waals surface area contributed by atoms with Gasteiger partial charge in [0.05, 0.1) is 7.11 Å². The Bertz CT molecular complexity index is 313. The highest BCUT2D eigenvalue weighted by molar-refractivity contribution is 5.82. The molecule has 4 nitrogen and oxygen atoms in total. The molecule has 2 rings (SSSR count). The van der Waals surface area contributed by atoms with Gasteiger partial charge in [0, 0.05) is 12.6 Å². The summed E-state index contributed by atoms with van der Waals surface area (Å²) in [6.45, 7) is 7.04. The van der Waals surface area contributed by atoms with Crippen molar-refractivity contribution in [1.82, 2.24) is 10.2 Å². The van der Waals surface area contributed by atoms with Crippen LogP contribution in [0.25, 0.3) is 0 Å². The molecule has 2 aliphatic carbocycles. The summed E-state index contributed by atoms with van der Waals surface area (Å²) in [7, 11) is 1.51. The van der Waals surface area contributed by atoms with E-state index in [-0.39, 0.29) is 5.97 Å². The normalized spacial score (nSPS) is 22.3. The molecule has 2 saturated carbocycles. The number of methoxy groups -OCH3 is 1. The Morgan fingerprint density at radius 3 is 2.42 bits per heavy atom. The highest BCUT2D eigenvalue weighted by Crippen LogP contribution is 2.42. The first-order valence-corrected chi connectivity index (χ1v) is 7.75. The Labute approximate surface area is 116 Å². The lowest BCUT2D eigenvalue weighted by Gasteiger charge is -2.37. The van der Waals surface area contributed by atoms with E-state index < -0.39 is 5.54 Å². The van der Waals surface area contributed by atoms with Crippen molar-refractivity contribution in [2.45, 2.75) is 57.5 Å². The highest BCUT2D eigenvalue weighted by atomic mass is 16.5. The summed E-state index contributed by atoms with van der Waals surface area (Å²) in [5.74, 6) is 0.391. The van der Waals surface area contributed by atoms with Crippen molar-refractivity contribution >= 4 is 5.97 Å². The number of ether oxygens (including phenoxy) is 1. The molecule has 0 aromatic carbocycles. The van der Waals surface area contributed by atoms with E-state index in [4.69, 9.17) is 4.74 Å². The zero-order valence-corrected chi connectivity index (χ0v) is 12.6. The van der Waals surface area contributed by atoms with Crippen molar-refractivity contribution in [2.75, 3.05) is 26.7 Å². The zero-order chi connectivity index (χ0) is 13.9. The smallest absolute Gasteiger partial charge is 0.327 e. The van der Waals surface area contributed by atoms with Crippen LogP contribution in [-0.4, -0.2) is 49.2 Å². The monoisotopic (exact) mass is 268 g/mol. The van der Waals surface area contributed by atoms with Crippen molar-refractivity contribution in [3.05, 3.63) is 0 Å². The molecule has 0 spiro atoms. The van der Waals surface area contributed by atoms with E-state index in [1.807, 2.05) is 0 Å². The zero-order valence-electron chi connectivity index (χ0n) is 12.6. The third kappa shape index (κ3) is 3.29. The van der Waals surface area contributed by atoms with E-state index in [1.165, 1.54) is 20.0 Å². The number of carbonyl (C=O) groups excluding carboxylic acids is 1. The van der Waals surface area contributed by atoms with Gasteiger partial charge in [0.2, 0.25) is 0 Å². The van der Waals surface area contributed by atoms with Gasteiger partial charge in [-0.15, -0.1) is 0 Å². The fourth-order valence-corrected chi connectivity index (χ4v) is 3.00.